The van der Waals surface area contributed by atoms with Crippen LogP contribution in [0.4, 0.5) is 28.8 Å². The summed E-state index contributed by atoms with van der Waals surface area (Å²) >= 11 is 1.88. The highest BCUT2D eigenvalue weighted by molar-refractivity contribution is 7.99. The summed E-state index contributed by atoms with van der Waals surface area (Å²) in [7, 11) is 0. The van der Waals surface area contributed by atoms with E-state index in [1.165, 1.54) is 10.9 Å². The average molecular weight is 508 g/mol. The smallest absolute Gasteiger partial charge is 0.252 e. The third kappa shape index (κ3) is 4.96. The van der Waals surface area contributed by atoms with Gasteiger partial charge in [0.05, 0.1) is 11.8 Å². The Balaban J connectivity index is 1.64. The lowest BCUT2D eigenvalue weighted by atomic mass is 10.1. The molecule has 1 fully saturated rings. The van der Waals surface area contributed by atoms with Gasteiger partial charge in [-0.1, -0.05) is 18.2 Å². The van der Waals surface area contributed by atoms with Gasteiger partial charge >= 0.3 is 0 Å². The van der Waals surface area contributed by atoms with E-state index >= 15 is 0 Å². The summed E-state index contributed by atoms with van der Waals surface area (Å²) in [5.74, 6) is 3.45. The van der Waals surface area contributed by atoms with E-state index in [-0.39, 0.29) is 17.3 Å². The van der Waals surface area contributed by atoms with Crippen LogP contribution in [0.5, 0.6) is 0 Å². The molecule has 0 saturated carbocycles. The molecule has 0 unspecified atom stereocenters. The van der Waals surface area contributed by atoms with Crippen LogP contribution in [0.1, 0.15) is 16.7 Å². The first-order chi connectivity index (χ1) is 18.2. The van der Waals surface area contributed by atoms with Gasteiger partial charge in [-0.25, -0.2) is 15.0 Å². The number of pyridine rings is 1. The zero-order chi connectivity index (χ0) is 25.6. The lowest BCUT2D eigenvalue weighted by Gasteiger charge is -2.29. The van der Waals surface area contributed by atoms with Crippen LogP contribution in [-0.2, 0) is 0 Å². The Hall–Kier alpha value is -4.81. The number of anilines is 3. The van der Waals surface area contributed by atoms with Crippen molar-refractivity contribution in [3.8, 4) is 18.1 Å². The molecule has 1 saturated heterocycles. The van der Waals surface area contributed by atoms with Gasteiger partial charge in [0.1, 0.15) is 29.2 Å². The Morgan fingerprint density at radius 2 is 1.76 bits per heavy atom. The minimum atomic E-state index is 0.175. The summed E-state index contributed by atoms with van der Waals surface area (Å²) < 4.78 is 1.35. The average Bonchev–Trinajstić information content (AvgIpc) is 3.37. The van der Waals surface area contributed by atoms with E-state index in [2.05, 4.69) is 47.7 Å². The van der Waals surface area contributed by atoms with Gasteiger partial charge < -0.3 is 10.2 Å². The van der Waals surface area contributed by atoms with Crippen molar-refractivity contribution in [2.24, 2.45) is 10.2 Å². The van der Waals surface area contributed by atoms with Crippen LogP contribution < -0.4 is 10.2 Å². The van der Waals surface area contributed by atoms with E-state index in [1.54, 1.807) is 18.5 Å². The van der Waals surface area contributed by atoms with Crippen molar-refractivity contribution in [2.75, 3.05) is 34.8 Å². The highest BCUT2D eigenvalue weighted by Crippen LogP contribution is 2.38. The van der Waals surface area contributed by atoms with Crippen molar-refractivity contribution in [1.82, 2.24) is 24.7 Å². The number of azo groups is 1. The summed E-state index contributed by atoms with van der Waals surface area (Å²) in [6.07, 6.45) is 4.53. The Labute approximate surface area is 217 Å². The topological polar surface area (TPSA) is 144 Å². The SMILES string of the molecule is Cc1c(C#N)c(N2CCSCC2)nc(Nc2ccccc2)c1N=Nc1c(C#N)cnn1-c1ncccn1. The third-order valence-corrected chi connectivity index (χ3v) is 6.65. The van der Waals surface area contributed by atoms with Crippen molar-refractivity contribution in [1.29, 1.82) is 10.5 Å². The fraction of sp³-hybridized carbons (Fsp3) is 0.200. The second-order valence-corrected chi connectivity index (χ2v) is 9.21. The van der Waals surface area contributed by atoms with Gasteiger partial charge in [-0.3, -0.25) is 0 Å². The van der Waals surface area contributed by atoms with Crippen molar-refractivity contribution in [2.45, 2.75) is 6.92 Å². The maximum absolute atomic E-state index is 10.1. The predicted octanol–water partition coefficient (Wildman–Crippen LogP) is 4.82. The number of hydrogen-bond donors (Lipinski definition) is 1. The number of nitrogens with zero attached hydrogens (tertiary/aromatic N) is 10. The van der Waals surface area contributed by atoms with Crippen LogP contribution >= 0.6 is 11.8 Å². The quantitative estimate of drug-likeness (QED) is 0.363. The molecule has 0 bridgehead atoms. The second-order valence-electron chi connectivity index (χ2n) is 7.99. The maximum Gasteiger partial charge on any atom is 0.252 e. The number of para-hydroxylation sites is 1. The molecule has 0 aliphatic carbocycles. The Bertz CT molecular complexity index is 1510. The van der Waals surface area contributed by atoms with E-state index in [0.29, 0.717) is 28.5 Å². The molecule has 37 heavy (non-hydrogen) atoms. The molecule has 4 heterocycles. The summed E-state index contributed by atoms with van der Waals surface area (Å²) in [4.78, 5) is 15.4. The Morgan fingerprint density at radius 1 is 1.00 bits per heavy atom. The Morgan fingerprint density at radius 3 is 2.46 bits per heavy atom. The first-order valence-electron chi connectivity index (χ1n) is 11.5. The van der Waals surface area contributed by atoms with E-state index in [9.17, 15) is 10.5 Å². The zero-order valence-corrected chi connectivity index (χ0v) is 20.7. The predicted molar refractivity (Wildman–Crippen MR) is 141 cm³/mol. The van der Waals surface area contributed by atoms with Crippen molar-refractivity contribution in [3.63, 3.8) is 0 Å². The molecule has 12 heteroatoms. The molecule has 1 N–H and O–H groups in total. The van der Waals surface area contributed by atoms with Gasteiger partial charge in [-0.2, -0.15) is 32.1 Å². The zero-order valence-electron chi connectivity index (χ0n) is 19.9. The normalized spacial score (nSPS) is 13.3. The first kappa shape index (κ1) is 23.9. The fourth-order valence-corrected chi connectivity index (χ4v) is 4.75. The third-order valence-electron chi connectivity index (χ3n) is 5.71. The molecule has 3 aromatic heterocycles. The van der Waals surface area contributed by atoms with Gasteiger partial charge in [0.15, 0.2) is 11.6 Å². The van der Waals surface area contributed by atoms with Crippen molar-refractivity contribution < 1.29 is 0 Å². The first-order valence-corrected chi connectivity index (χ1v) is 12.6. The highest BCUT2D eigenvalue weighted by Gasteiger charge is 2.23. The molecule has 182 valence electrons. The molecule has 0 atom stereocenters. The van der Waals surface area contributed by atoms with Gasteiger partial charge in [0, 0.05) is 48.2 Å². The second kappa shape index (κ2) is 10.8. The molecule has 1 aromatic carbocycles. The van der Waals surface area contributed by atoms with Gasteiger partial charge in [0.25, 0.3) is 5.95 Å². The number of nitrogens with one attached hydrogen (secondary N) is 1. The van der Waals surface area contributed by atoms with Crippen LogP contribution in [0.25, 0.3) is 5.95 Å². The lowest BCUT2D eigenvalue weighted by Crippen LogP contribution is -2.34. The highest BCUT2D eigenvalue weighted by atomic mass is 32.2. The molecule has 11 nitrogen and oxygen atoms in total. The summed E-state index contributed by atoms with van der Waals surface area (Å²) in [6, 6.07) is 15.7. The number of rotatable bonds is 6. The fourth-order valence-electron chi connectivity index (χ4n) is 3.85. The number of hydrogen-bond acceptors (Lipinski definition) is 11. The minimum absolute atomic E-state index is 0.175. The molecule has 5 rings (SSSR count). The lowest BCUT2D eigenvalue weighted by molar-refractivity contribution is 0.803. The van der Waals surface area contributed by atoms with Crippen molar-refractivity contribution >= 4 is 40.6 Å². The molecular weight excluding hydrogens is 486 g/mol. The van der Waals surface area contributed by atoms with Crippen LogP contribution in [0.3, 0.4) is 0 Å². The van der Waals surface area contributed by atoms with Crippen LogP contribution in [0.15, 0.2) is 65.2 Å². The summed E-state index contributed by atoms with van der Waals surface area (Å²) in [5, 5.41) is 36.1. The van der Waals surface area contributed by atoms with Gasteiger partial charge in [-0.05, 0) is 25.1 Å². The number of thioether (sulfide) groups is 1. The molecule has 1 aliphatic heterocycles. The Kier molecular flexibility index (Phi) is 7.01. The largest absolute Gasteiger partial charge is 0.354 e. The molecule has 4 aromatic rings. The summed E-state index contributed by atoms with van der Waals surface area (Å²) in [6.45, 7) is 3.44. The van der Waals surface area contributed by atoms with Crippen molar-refractivity contribution in [3.05, 3.63) is 71.7 Å². The van der Waals surface area contributed by atoms with E-state index in [1.807, 2.05) is 49.0 Å². The number of benzene rings is 1. The number of nitriles is 2. The maximum atomic E-state index is 10.1. The molecule has 1 aliphatic rings. The summed E-state index contributed by atoms with van der Waals surface area (Å²) in [5.41, 5.74) is 2.49. The van der Waals surface area contributed by atoms with E-state index in [4.69, 9.17) is 4.98 Å². The van der Waals surface area contributed by atoms with E-state index < -0.39 is 0 Å². The van der Waals surface area contributed by atoms with Crippen LogP contribution in [0, 0.1) is 29.6 Å². The molecule has 0 radical (unpaired) electrons. The van der Waals surface area contributed by atoms with Gasteiger partial charge in [0.2, 0.25) is 0 Å². The monoisotopic (exact) mass is 507 g/mol. The minimum Gasteiger partial charge on any atom is -0.354 e. The van der Waals surface area contributed by atoms with Crippen LogP contribution in [-0.4, -0.2) is 49.3 Å². The van der Waals surface area contributed by atoms with Gasteiger partial charge in [-0.15, -0.1) is 10.2 Å². The molecular formula is C25H21N11S. The standard InChI is InChI=1S/C25H21N11S/c1-17-20(15-27)24(35-10-12-37-13-11-35)32-22(31-19-6-3-2-4-7-19)21(17)33-34-23-18(14-26)16-30-36(23)25-28-8-5-9-29-25/h2-9,16H,10-13H2,1H3,(H,31,32). The number of aromatic nitrogens is 5. The molecule has 0 amide bonds. The van der Waals surface area contributed by atoms with Crippen LogP contribution in [0.2, 0.25) is 0 Å². The van der Waals surface area contributed by atoms with E-state index in [0.717, 1.165) is 30.3 Å². The molecule has 0 spiro atoms.